The number of aromatic nitrogens is 1. The van der Waals surface area contributed by atoms with Crippen LogP contribution in [0.3, 0.4) is 0 Å². The Morgan fingerprint density at radius 1 is 1.00 bits per heavy atom. The Labute approximate surface area is 169 Å². The van der Waals surface area contributed by atoms with Gasteiger partial charge in [0.25, 0.3) is 5.70 Å². The molecule has 0 spiro atoms. The van der Waals surface area contributed by atoms with Gasteiger partial charge < -0.3 is 10.4 Å². The van der Waals surface area contributed by atoms with Crippen LogP contribution in [-0.4, -0.2) is 10.1 Å². The maximum Gasteiger partial charge on any atom is 0.288 e. The summed E-state index contributed by atoms with van der Waals surface area (Å²) in [5, 5.41) is 14.8. The molecule has 0 fully saturated rings. The highest BCUT2D eigenvalue weighted by Gasteiger charge is 2.23. The van der Waals surface area contributed by atoms with E-state index in [0.717, 1.165) is 12.1 Å². The molecule has 0 unspecified atom stereocenters. The van der Waals surface area contributed by atoms with Crippen LogP contribution in [-0.2, 0) is 6.42 Å². The van der Waals surface area contributed by atoms with Crippen molar-refractivity contribution in [1.29, 1.82) is 0 Å². The normalized spacial score (nSPS) is 11.6. The summed E-state index contributed by atoms with van der Waals surface area (Å²) in [5.74, 6) is 0.111. The largest absolute Gasteiger partial charge is 0.502 e. The van der Waals surface area contributed by atoms with Crippen LogP contribution in [0.15, 0.2) is 79.1 Å². The maximum absolute atomic E-state index is 11.0. The molecule has 3 nitrogen and oxygen atoms in total. The second kappa shape index (κ2) is 8.80. The molecule has 0 aliphatic carbocycles. The van der Waals surface area contributed by atoms with Gasteiger partial charge in [0.05, 0.1) is 0 Å². The van der Waals surface area contributed by atoms with Crippen molar-refractivity contribution in [1.82, 2.24) is 0 Å². The smallest absolute Gasteiger partial charge is 0.288 e. The van der Waals surface area contributed by atoms with Crippen molar-refractivity contribution in [2.24, 2.45) is 0 Å². The van der Waals surface area contributed by atoms with Gasteiger partial charge in [0, 0.05) is 28.4 Å². The number of anilines is 1. The monoisotopic (exact) mass is 395 g/mol. The van der Waals surface area contributed by atoms with Crippen LogP contribution in [0.1, 0.15) is 18.1 Å². The molecule has 0 aliphatic rings. The third-order valence-corrected chi connectivity index (χ3v) is 4.70. The predicted molar refractivity (Wildman–Crippen MR) is 116 cm³/mol. The fourth-order valence-corrected chi connectivity index (χ4v) is 3.10. The topological polar surface area (TPSA) is 36.1 Å². The van der Waals surface area contributed by atoms with E-state index in [1.54, 1.807) is 16.7 Å². The van der Waals surface area contributed by atoms with Crippen molar-refractivity contribution in [2.45, 2.75) is 13.3 Å². The van der Waals surface area contributed by atoms with Gasteiger partial charge in [-0.3, -0.25) is 0 Å². The standard InChI is InChI=1S/C22H19ClN2OS/c1-2-16-6-8-17(9-7-16)21(26)20(25-14-4-3-5-15-25)22(27)24-19-12-10-18(23)11-13-19/h3-15H,2H2,1H3,(H-,24,26,27)/p+1. The van der Waals surface area contributed by atoms with Crippen LogP contribution in [0.5, 0.6) is 0 Å². The molecule has 0 saturated carbocycles. The van der Waals surface area contributed by atoms with Gasteiger partial charge in [-0.1, -0.05) is 61.1 Å². The minimum absolute atomic E-state index is 0.111. The van der Waals surface area contributed by atoms with E-state index in [1.165, 1.54) is 5.56 Å². The Bertz CT molecular complexity index is 952. The van der Waals surface area contributed by atoms with Gasteiger partial charge in [-0.15, -0.1) is 0 Å². The average molecular weight is 396 g/mol. The molecule has 0 bridgehead atoms. The number of pyridine rings is 1. The molecular weight excluding hydrogens is 376 g/mol. The highest BCUT2D eigenvalue weighted by molar-refractivity contribution is 7.81. The van der Waals surface area contributed by atoms with E-state index in [2.05, 4.69) is 12.2 Å². The molecule has 0 aliphatic heterocycles. The van der Waals surface area contributed by atoms with E-state index in [4.69, 9.17) is 23.8 Å². The van der Waals surface area contributed by atoms with Crippen molar-refractivity contribution in [2.75, 3.05) is 5.32 Å². The number of hydrogen-bond donors (Lipinski definition) is 2. The highest BCUT2D eigenvalue weighted by atomic mass is 35.5. The second-order valence-corrected chi connectivity index (χ2v) is 6.84. The third kappa shape index (κ3) is 4.73. The zero-order chi connectivity index (χ0) is 19.2. The molecule has 1 heterocycles. The summed E-state index contributed by atoms with van der Waals surface area (Å²) < 4.78 is 1.80. The van der Waals surface area contributed by atoms with E-state index >= 15 is 0 Å². The summed E-state index contributed by atoms with van der Waals surface area (Å²) in [5.41, 5.74) is 3.22. The number of nitrogens with zero attached hydrogens (tertiary/aromatic N) is 1. The zero-order valence-corrected chi connectivity index (χ0v) is 16.5. The molecule has 0 amide bonds. The van der Waals surface area contributed by atoms with Crippen molar-refractivity contribution >= 4 is 46.0 Å². The summed E-state index contributed by atoms with van der Waals surface area (Å²) in [7, 11) is 0. The molecule has 27 heavy (non-hydrogen) atoms. The summed E-state index contributed by atoms with van der Waals surface area (Å²) in [6, 6.07) is 20.8. The van der Waals surface area contributed by atoms with Crippen molar-refractivity contribution in [3.8, 4) is 0 Å². The van der Waals surface area contributed by atoms with E-state index in [-0.39, 0.29) is 5.76 Å². The zero-order valence-electron chi connectivity index (χ0n) is 14.9. The molecule has 3 rings (SSSR count). The quantitative estimate of drug-likeness (QED) is 0.258. The minimum atomic E-state index is 0.111. The number of rotatable bonds is 5. The first-order valence-corrected chi connectivity index (χ1v) is 9.43. The lowest BCUT2D eigenvalue weighted by molar-refractivity contribution is -0.575. The lowest BCUT2D eigenvalue weighted by Gasteiger charge is -2.10. The molecule has 1 aromatic heterocycles. The second-order valence-electron chi connectivity index (χ2n) is 5.99. The molecule has 2 N–H and O–H groups in total. The van der Waals surface area contributed by atoms with Crippen molar-refractivity contribution in [3.63, 3.8) is 0 Å². The first-order valence-electron chi connectivity index (χ1n) is 8.64. The van der Waals surface area contributed by atoms with Crippen LogP contribution >= 0.6 is 23.8 Å². The van der Waals surface area contributed by atoms with E-state index in [0.29, 0.717) is 21.3 Å². The van der Waals surface area contributed by atoms with Crippen molar-refractivity contribution < 1.29 is 9.67 Å². The molecule has 0 radical (unpaired) electrons. The third-order valence-electron chi connectivity index (χ3n) is 4.15. The molecule has 2 aromatic carbocycles. The highest BCUT2D eigenvalue weighted by Crippen LogP contribution is 2.20. The van der Waals surface area contributed by atoms with E-state index in [9.17, 15) is 5.11 Å². The minimum Gasteiger partial charge on any atom is -0.502 e. The van der Waals surface area contributed by atoms with Crippen LogP contribution in [0, 0.1) is 0 Å². The van der Waals surface area contributed by atoms with Crippen molar-refractivity contribution in [3.05, 3.63) is 95.3 Å². The number of aliphatic hydroxyl groups excluding tert-OH is 1. The van der Waals surface area contributed by atoms with Gasteiger partial charge in [0.15, 0.2) is 23.1 Å². The van der Waals surface area contributed by atoms with Gasteiger partial charge >= 0.3 is 0 Å². The first-order chi connectivity index (χ1) is 13.1. The van der Waals surface area contributed by atoms with Gasteiger partial charge in [0.1, 0.15) is 0 Å². The maximum atomic E-state index is 11.0. The van der Waals surface area contributed by atoms with Gasteiger partial charge in [0.2, 0.25) is 0 Å². The van der Waals surface area contributed by atoms with Crippen LogP contribution in [0.25, 0.3) is 11.5 Å². The molecule has 0 atom stereocenters. The van der Waals surface area contributed by atoms with Gasteiger partial charge in [-0.25, -0.2) is 0 Å². The Kier molecular flexibility index (Phi) is 6.22. The lowest BCUT2D eigenvalue weighted by atomic mass is 10.1. The first kappa shape index (κ1) is 19.1. The Morgan fingerprint density at radius 2 is 1.63 bits per heavy atom. The summed E-state index contributed by atoms with van der Waals surface area (Å²) >= 11 is 11.6. The molecule has 5 heteroatoms. The average Bonchev–Trinajstić information content (AvgIpc) is 2.71. The predicted octanol–water partition coefficient (Wildman–Crippen LogP) is 5.51. The Balaban J connectivity index is 2.02. The number of aryl methyl sites for hydroxylation is 1. The number of benzene rings is 2. The van der Waals surface area contributed by atoms with Gasteiger partial charge in [-0.2, -0.15) is 4.57 Å². The van der Waals surface area contributed by atoms with Gasteiger partial charge in [-0.05, 0) is 36.2 Å². The fourth-order valence-electron chi connectivity index (χ4n) is 2.65. The molecule has 3 aromatic rings. The van der Waals surface area contributed by atoms with Crippen LogP contribution < -0.4 is 9.88 Å². The van der Waals surface area contributed by atoms with E-state index in [1.807, 2.05) is 67.0 Å². The summed E-state index contributed by atoms with van der Waals surface area (Å²) in [6.07, 6.45) is 4.64. The van der Waals surface area contributed by atoms with Crippen LogP contribution in [0.4, 0.5) is 5.69 Å². The number of aliphatic hydroxyl groups is 1. The number of nitrogens with one attached hydrogen (secondary N) is 1. The van der Waals surface area contributed by atoms with E-state index < -0.39 is 0 Å². The van der Waals surface area contributed by atoms with Crippen LogP contribution in [0.2, 0.25) is 5.02 Å². The molecule has 136 valence electrons. The number of thiocarbonyl (C=S) groups is 1. The Hall–Kier alpha value is -2.69. The Morgan fingerprint density at radius 3 is 2.22 bits per heavy atom. The summed E-state index contributed by atoms with van der Waals surface area (Å²) in [6.45, 7) is 2.10. The molecular formula is C22H20ClN2OS+. The summed E-state index contributed by atoms with van der Waals surface area (Å²) in [4.78, 5) is 0.408. The number of hydrogen-bond acceptors (Lipinski definition) is 2. The SMILES string of the molecule is CCc1ccc(/C(O)=C(\C(=S)Nc2ccc(Cl)cc2)[n+]2ccccc2)cc1. The molecule has 0 saturated heterocycles. The number of halogens is 1. The lowest BCUT2D eigenvalue weighted by Crippen LogP contribution is -2.38. The fraction of sp³-hybridized carbons (Fsp3) is 0.0909.